The molecule has 2 rings (SSSR count). The van der Waals surface area contributed by atoms with Gasteiger partial charge in [-0.15, -0.1) is 0 Å². The third-order valence-corrected chi connectivity index (χ3v) is 5.50. The van der Waals surface area contributed by atoms with E-state index in [1.807, 2.05) is 7.05 Å². The number of ether oxygens (including phenoxy) is 1. The number of amides is 1. The molecule has 2 aliphatic rings. The Hall–Kier alpha value is -0.650. The molecule has 1 saturated carbocycles. The van der Waals surface area contributed by atoms with Gasteiger partial charge in [0.1, 0.15) is 0 Å². The van der Waals surface area contributed by atoms with Crippen LogP contribution >= 0.6 is 0 Å². The first-order valence-corrected chi connectivity index (χ1v) is 9.20. The van der Waals surface area contributed by atoms with Crippen molar-refractivity contribution in [1.29, 1.82) is 0 Å². The molecule has 1 atom stereocenters. The summed E-state index contributed by atoms with van der Waals surface area (Å²) in [5.74, 6) is 1.87. The van der Waals surface area contributed by atoms with Crippen LogP contribution in [0.2, 0.25) is 0 Å². The number of morpholine rings is 1. The van der Waals surface area contributed by atoms with Crippen LogP contribution in [0.1, 0.15) is 39.5 Å². The van der Waals surface area contributed by atoms with E-state index in [-0.39, 0.29) is 11.8 Å². The number of carbonyl (C=O) groups excluding carboxylic acids is 1. The first-order chi connectivity index (χ1) is 11.0. The van der Waals surface area contributed by atoms with Gasteiger partial charge in [-0.1, -0.05) is 13.8 Å². The molecule has 1 N–H and O–H groups in total. The Labute approximate surface area is 141 Å². The molecule has 1 aliphatic heterocycles. The average Bonchev–Trinajstić information content (AvgIpc) is 2.55. The lowest BCUT2D eigenvalue weighted by atomic mass is 9.76. The molecule has 0 bridgehead atoms. The Morgan fingerprint density at radius 2 is 1.83 bits per heavy atom. The predicted octanol–water partition coefficient (Wildman–Crippen LogP) is 1.60. The fourth-order valence-corrected chi connectivity index (χ4v) is 3.89. The summed E-state index contributed by atoms with van der Waals surface area (Å²) in [4.78, 5) is 16.5. The molecule has 2 fully saturated rings. The Kier molecular flexibility index (Phi) is 7.31. The lowest BCUT2D eigenvalue weighted by Gasteiger charge is -2.34. The fourth-order valence-electron chi connectivity index (χ4n) is 3.89. The van der Waals surface area contributed by atoms with Gasteiger partial charge in [-0.25, -0.2) is 0 Å². The highest BCUT2D eigenvalue weighted by Gasteiger charge is 2.30. The standard InChI is InChI=1S/C18H34N2O3/c1-14(2)15-4-6-16(7-5-15)18(22)19(3)12-17(21)13-20-8-10-23-11-9-20/h14-17,21H,4-13H2,1-3H3. The van der Waals surface area contributed by atoms with Crippen molar-refractivity contribution in [2.24, 2.45) is 17.8 Å². The highest BCUT2D eigenvalue weighted by molar-refractivity contribution is 5.78. The Morgan fingerprint density at radius 3 is 2.39 bits per heavy atom. The van der Waals surface area contributed by atoms with E-state index >= 15 is 0 Å². The van der Waals surface area contributed by atoms with E-state index in [9.17, 15) is 9.90 Å². The topological polar surface area (TPSA) is 53.0 Å². The molecule has 0 aromatic heterocycles. The van der Waals surface area contributed by atoms with Gasteiger partial charge < -0.3 is 14.7 Å². The maximum atomic E-state index is 12.6. The largest absolute Gasteiger partial charge is 0.390 e. The molecule has 0 spiro atoms. The monoisotopic (exact) mass is 326 g/mol. The van der Waals surface area contributed by atoms with Crippen LogP contribution in [-0.4, -0.2) is 73.4 Å². The number of hydrogen-bond donors (Lipinski definition) is 1. The molecular formula is C18H34N2O3. The maximum Gasteiger partial charge on any atom is 0.225 e. The number of rotatable bonds is 6. The summed E-state index contributed by atoms with van der Waals surface area (Å²) in [6.07, 6.45) is 3.86. The molecule has 1 unspecified atom stereocenters. The molecule has 1 amide bonds. The van der Waals surface area contributed by atoms with Gasteiger partial charge in [0.2, 0.25) is 5.91 Å². The zero-order valence-corrected chi connectivity index (χ0v) is 15.0. The summed E-state index contributed by atoms with van der Waals surface area (Å²) in [5, 5.41) is 10.3. The van der Waals surface area contributed by atoms with Crippen LogP contribution < -0.4 is 0 Å². The van der Waals surface area contributed by atoms with E-state index in [2.05, 4.69) is 18.7 Å². The van der Waals surface area contributed by atoms with Gasteiger partial charge in [0.15, 0.2) is 0 Å². The van der Waals surface area contributed by atoms with E-state index in [0.717, 1.165) is 63.8 Å². The maximum absolute atomic E-state index is 12.6. The van der Waals surface area contributed by atoms with Crippen molar-refractivity contribution in [3.63, 3.8) is 0 Å². The van der Waals surface area contributed by atoms with Crippen LogP contribution in [0.25, 0.3) is 0 Å². The van der Waals surface area contributed by atoms with E-state index in [1.54, 1.807) is 4.90 Å². The predicted molar refractivity (Wildman–Crippen MR) is 91.2 cm³/mol. The molecule has 1 saturated heterocycles. The van der Waals surface area contributed by atoms with Crippen LogP contribution in [0.4, 0.5) is 0 Å². The number of carbonyl (C=O) groups is 1. The van der Waals surface area contributed by atoms with Crippen LogP contribution in [0.3, 0.4) is 0 Å². The minimum Gasteiger partial charge on any atom is -0.390 e. The van der Waals surface area contributed by atoms with E-state index in [0.29, 0.717) is 13.1 Å². The molecule has 0 aromatic carbocycles. The second-order valence-electron chi connectivity index (χ2n) is 7.64. The molecule has 5 nitrogen and oxygen atoms in total. The Bertz CT molecular complexity index is 361. The number of aliphatic hydroxyl groups excluding tert-OH is 1. The molecule has 1 aliphatic carbocycles. The van der Waals surface area contributed by atoms with Crippen molar-refractivity contribution in [2.45, 2.75) is 45.6 Å². The van der Waals surface area contributed by atoms with Gasteiger partial charge in [0.25, 0.3) is 0 Å². The SMILES string of the molecule is CC(C)C1CCC(C(=O)N(C)CC(O)CN2CCOCC2)CC1. The molecule has 0 aromatic rings. The zero-order chi connectivity index (χ0) is 16.8. The lowest BCUT2D eigenvalue weighted by Crippen LogP contribution is -2.46. The lowest BCUT2D eigenvalue weighted by molar-refractivity contribution is -0.137. The summed E-state index contributed by atoms with van der Waals surface area (Å²) < 4.78 is 5.32. The number of likely N-dealkylation sites (N-methyl/N-ethyl adjacent to an activating group) is 1. The van der Waals surface area contributed by atoms with Gasteiger partial charge in [0.05, 0.1) is 19.3 Å². The summed E-state index contributed by atoms with van der Waals surface area (Å²) in [6, 6.07) is 0. The van der Waals surface area contributed by atoms with E-state index < -0.39 is 6.10 Å². The number of β-amino-alcohol motifs (C(OH)–C–C–N with tert-alkyl or cyclic N) is 1. The van der Waals surface area contributed by atoms with Gasteiger partial charge in [-0.05, 0) is 37.5 Å². The quantitative estimate of drug-likeness (QED) is 0.805. The molecule has 134 valence electrons. The van der Waals surface area contributed by atoms with Gasteiger partial charge in [0, 0.05) is 39.1 Å². The molecule has 5 heteroatoms. The number of nitrogens with zero attached hydrogens (tertiary/aromatic N) is 2. The van der Waals surface area contributed by atoms with Crippen LogP contribution in [0.15, 0.2) is 0 Å². The van der Waals surface area contributed by atoms with Crippen molar-refractivity contribution in [1.82, 2.24) is 9.80 Å². The minimum absolute atomic E-state index is 0.158. The molecule has 1 heterocycles. The van der Waals surface area contributed by atoms with E-state index in [4.69, 9.17) is 4.74 Å². The highest BCUT2D eigenvalue weighted by atomic mass is 16.5. The highest BCUT2D eigenvalue weighted by Crippen LogP contribution is 2.33. The Balaban J connectivity index is 1.71. The van der Waals surface area contributed by atoms with Gasteiger partial charge in [-0.3, -0.25) is 9.69 Å². The fraction of sp³-hybridized carbons (Fsp3) is 0.944. The minimum atomic E-state index is -0.478. The van der Waals surface area contributed by atoms with Crippen molar-refractivity contribution in [3.05, 3.63) is 0 Å². The van der Waals surface area contributed by atoms with Crippen LogP contribution in [0, 0.1) is 17.8 Å². The molecule has 23 heavy (non-hydrogen) atoms. The van der Waals surface area contributed by atoms with Gasteiger partial charge >= 0.3 is 0 Å². The van der Waals surface area contributed by atoms with Crippen molar-refractivity contribution < 1.29 is 14.6 Å². The van der Waals surface area contributed by atoms with Crippen LogP contribution in [-0.2, 0) is 9.53 Å². The number of aliphatic hydroxyl groups is 1. The third kappa shape index (κ3) is 5.73. The average molecular weight is 326 g/mol. The van der Waals surface area contributed by atoms with Crippen LogP contribution in [0.5, 0.6) is 0 Å². The first-order valence-electron chi connectivity index (χ1n) is 9.20. The van der Waals surface area contributed by atoms with Crippen molar-refractivity contribution >= 4 is 5.91 Å². The number of hydrogen-bond acceptors (Lipinski definition) is 4. The second kappa shape index (κ2) is 9.00. The summed E-state index contributed by atoms with van der Waals surface area (Å²) in [6.45, 7) is 8.83. The second-order valence-corrected chi connectivity index (χ2v) is 7.64. The van der Waals surface area contributed by atoms with E-state index in [1.165, 1.54) is 0 Å². The first kappa shape index (κ1) is 18.7. The molecule has 0 radical (unpaired) electrons. The summed E-state index contributed by atoms with van der Waals surface area (Å²) in [7, 11) is 1.83. The van der Waals surface area contributed by atoms with Crippen molar-refractivity contribution in [3.8, 4) is 0 Å². The normalized spacial score (nSPS) is 27.9. The third-order valence-electron chi connectivity index (χ3n) is 5.50. The molecular weight excluding hydrogens is 292 g/mol. The Morgan fingerprint density at radius 1 is 1.22 bits per heavy atom. The smallest absolute Gasteiger partial charge is 0.225 e. The summed E-state index contributed by atoms with van der Waals surface area (Å²) in [5.41, 5.74) is 0. The zero-order valence-electron chi connectivity index (χ0n) is 15.0. The van der Waals surface area contributed by atoms with Crippen molar-refractivity contribution in [2.75, 3.05) is 46.4 Å². The van der Waals surface area contributed by atoms with Gasteiger partial charge in [-0.2, -0.15) is 0 Å². The summed E-state index contributed by atoms with van der Waals surface area (Å²) >= 11 is 0.